The van der Waals surface area contributed by atoms with Gasteiger partial charge in [0.15, 0.2) is 0 Å². The maximum atomic E-state index is 10.8. The van der Waals surface area contributed by atoms with Crippen molar-refractivity contribution in [2.24, 2.45) is 0 Å². The van der Waals surface area contributed by atoms with Crippen molar-refractivity contribution in [2.75, 3.05) is 12.0 Å². The van der Waals surface area contributed by atoms with Crippen molar-refractivity contribution < 1.29 is 14.6 Å². The van der Waals surface area contributed by atoms with Crippen LogP contribution in [-0.2, 0) is 0 Å². The SMILES string of the molecule is CSc1ccc(Oc2ncc(C(=O)O)cc2N)cc1. The fourth-order valence-electron chi connectivity index (χ4n) is 1.43. The molecule has 2 rings (SSSR count). The number of hydrogen-bond acceptors (Lipinski definition) is 5. The molecule has 0 bridgehead atoms. The Labute approximate surface area is 114 Å². The first kappa shape index (κ1) is 13.2. The topological polar surface area (TPSA) is 85.4 Å². The van der Waals surface area contributed by atoms with Crippen molar-refractivity contribution in [1.82, 2.24) is 4.98 Å². The molecule has 19 heavy (non-hydrogen) atoms. The number of carbonyl (C=O) groups is 1. The normalized spacial score (nSPS) is 10.2. The molecule has 0 fully saturated rings. The predicted molar refractivity (Wildman–Crippen MR) is 73.9 cm³/mol. The second kappa shape index (κ2) is 5.62. The summed E-state index contributed by atoms with van der Waals surface area (Å²) in [5.41, 5.74) is 5.93. The summed E-state index contributed by atoms with van der Waals surface area (Å²) in [6, 6.07) is 8.76. The van der Waals surface area contributed by atoms with Gasteiger partial charge in [0.05, 0.1) is 11.3 Å². The van der Waals surface area contributed by atoms with Gasteiger partial charge >= 0.3 is 5.97 Å². The molecule has 98 valence electrons. The third-order valence-electron chi connectivity index (χ3n) is 2.40. The number of aromatic nitrogens is 1. The number of carboxylic acid groups (broad SMARTS) is 1. The van der Waals surface area contributed by atoms with Crippen LogP contribution in [0.2, 0.25) is 0 Å². The van der Waals surface area contributed by atoms with Crippen molar-refractivity contribution in [3.05, 3.63) is 42.1 Å². The van der Waals surface area contributed by atoms with E-state index in [1.165, 1.54) is 12.3 Å². The number of nitrogens with two attached hydrogens (primary N) is 1. The van der Waals surface area contributed by atoms with Gasteiger partial charge in [0, 0.05) is 11.1 Å². The van der Waals surface area contributed by atoms with Crippen molar-refractivity contribution in [3.8, 4) is 11.6 Å². The first-order chi connectivity index (χ1) is 9.10. The molecule has 1 aromatic carbocycles. The molecule has 2 aromatic rings. The summed E-state index contributed by atoms with van der Waals surface area (Å²) in [4.78, 5) is 15.8. The lowest BCUT2D eigenvalue weighted by Crippen LogP contribution is -2.01. The highest BCUT2D eigenvalue weighted by atomic mass is 32.2. The molecule has 1 heterocycles. The Bertz CT molecular complexity index is 599. The van der Waals surface area contributed by atoms with Crippen molar-refractivity contribution in [1.29, 1.82) is 0 Å². The van der Waals surface area contributed by atoms with Crippen molar-refractivity contribution >= 4 is 23.4 Å². The van der Waals surface area contributed by atoms with E-state index in [4.69, 9.17) is 15.6 Å². The van der Waals surface area contributed by atoms with Crippen molar-refractivity contribution in [3.63, 3.8) is 0 Å². The molecule has 5 nitrogen and oxygen atoms in total. The fourth-order valence-corrected chi connectivity index (χ4v) is 1.84. The molecule has 0 spiro atoms. The van der Waals surface area contributed by atoms with Crippen molar-refractivity contribution in [2.45, 2.75) is 4.90 Å². The van der Waals surface area contributed by atoms with Gasteiger partial charge in [-0.05, 0) is 36.6 Å². The zero-order valence-corrected chi connectivity index (χ0v) is 11.0. The van der Waals surface area contributed by atoms with Gasteiger partial charge in [-0.15, -0.1) is 11.8 Å². The number of ether oxygens (including phenoxy) is 1. The number of rotatable bonds is 4. The van der Waals surface area contributed by atoms with E-state index in [2.05, 4.69) is 4.98 Å². The molecular formula is C13H12N2O3S. The largest absolute Gasteiger partial charge is 0.478 e. The number of thioether (sulfide) groups is 1. The molecule has 0 saturated carbocycles. The molecule has 6 heteroatoms. The van der Waals surface area contributed by atoms with Crippen LogP contribution in [0.5, 0.6) is 11.6 Å². The number of nitrogens with zero attached hydrogens (tertiary/aromatic N) is 1. The van der Waals surface area contributed by atoms with Crippen LogP contribution >= 0.6 is 11.8 Å². The summed E-state index contributed by atoms with van der Waals surface area (Å²) in [5.74, 6) is -0.281. The maximum absolute atomic E-state index is 10.8. The van der Waals surface area contributed by atoms with Crippen LogP contribution in [0.15, 0.2) is 41.4 Å². The molecule has 0 aliphatic carbocycles. The highest BCUT2D eigenvalue weighted by molar-refractivity contribution is 7.98. The summed E-state index contributed by atoms with van der Waals surface area (Å²) >= 11 is 1.63. The quantitative estimate of drug-likeness (QED) is 0.835. The third kappa shape index (κ3) is 3.17. The molecular weight excluding hydrogens is 264 g/mol. The van der Waals surface area contributed by atoms with Crippen LogP contribution in [-0.4, -0.2) is 22.3 Å². The molecule has 0 aliphatic heterocycles. The fraction of sp³-hybridized carbons (Fsp3) is 0.0769. The lowest BCUT2D eigenvalue weighted by molar-refractivity contribution is 0.0696. The Kier molecular flexibility index (Phi) is 3.91. The smallest absolute Gasteiger partial charge is 0.337 e. The first-order valence-corrected chi connectivity index (χ1v) is 6.63. The van der Waals surface area contributed by atoms with Gasteiger partial charge in [0.1, 0.15) is 5.75 Å². The molecule has 0 atom stereocenters. The van der Waals surface area contributed by atoms with E-state index >= 15 is 0 Å². The van der Waals surface area contributed by atoms with E-state index in [-0.39, 0.29) is 17.1 Å². The minimum atomic E-state index is -1.07. The van der Waals surface area contributed by atoms with Crippen LogP contribution in [0.1, 0.15) is 10.4 Å². The summed E-state index contributed by atoms with van der Waals surface area (Å²) in [7, 11) is 0. The Hall–Kier alpha value is -2.21. The van der Waals surface area contributed by atoms with Crippen LogP contribution < -0.4 is 10.5 Å². The summed E-state index contributed by atoms with van der Waals surface area (Å²) in [6.45, 7) is 0. The zero-order chi connectivity index (χ0) is 13.8. The van der Waals surface area contributed by atoms with Crippen LogP contribution in [0.25, 0.3) is 0 Å². The summed E-state index contributed by atoms with van der Waals surface area (Å²) < 4.78 is 5.51. The lowest BCUT2D eigenvalue weighted by atomic mass is 10.2. The average Bonchev–Trinajstić information content (AvgIpc) is 2.41. The first-order valence-electron chi connectivity index (χ1n) is 5.41. The van der Waals surface area contributed by atoms with E-state index in [0.29, 0.717) is 5.75 Å². The number of aromatic carboxylic acids is 1. The van der Waals surface area contributed by atoms with E-state index < -0.39 is 5.97 Å². The van der Waals surface area contributed by atoms with E-state index in [9.17, 15) is 4.79 Å². The Morgan fingerprint density at radius 1 is 1.37 bits per heavy atom. The number of hydrogen-bond donors (Lipinski definition) is 2. The minimum Gasteiger partial charge on any atom is -0.478 e. The highest BCUT2D eigenvalue weighted by Gasteiger charge is 2.09. The average molecular weight is 276 g/mol. The highest BCUT2D eigenvalue weighted by Crippen LogP contribution is 2.27. The van der Waals surface area contributed by atoms with Gasteiger partial charge in [-0.2, -0.15) is 0 Å². The number of nitrogen functional groups attached to an aromatic ring is 1. The molecule has 0 unspecified atom stereocenters. The number of anilines is 1. The third-order valence-corrected chi connectivity index (χ3v) is 3.14. The van der Waals surface area contributed by atoms with Crippen LogP contribution in [0.4, 0.5) is 5.69 Å². The molecule has 1 aromatic heterocycles. The molecule has 0 aliphatic rings. The number of pyridine rings is 1. The van der Waals surface area contributed by atoms with E-state index in [1.807, 2.05) is 18.4 Å². The van der Waals surface area contributed by atoms with Gasteiger partial charge in [-0.25, -0.2) is 9.78 Å². The second-order valence-electron chi connectivity index (χ2n) is 3.70. The Balaban J connectivity index is 2.20. The molecule has 0 radical (unpaired) electrons. The number of benzene rings is 1. The second-order valence-corrected chi connectivity index (χ2v) is 4.58. The Morgan fingerprint density at radius 2 is 2.05 bits per heavy atom. The Morgan fingerprint density at radius 3 is 2.58 bits per heavy atom. The molecule has 3 N–H and O–H groups in total. The van der Waals surface area contributed by atoms with E-state index in [1.54, 1.807) is 23.9 Å². The van der Waals surface area contributed by atoms with Gasteiger partial charge in [0.25, 0.3) is 0 Å². The monoisotopic (exact) mass is 276 g/mol. The number of carboxylic acids is 1. The standard InChI is InChI=1S/C13H12N2O3S/c1-19-10-4-2-9(3-5-10)18-12-11(14)6-8(7-15-12)13(16)17/h2-7H,14H2,1H3,(H,16,17). The van der Waals surface area contributed by atoms with Gasteiger partial charge in [0.2, 0.25) is 5.88 Å². The minimum absolute atomic E-state index is 0.0302. The molecule has 0 amide bonds. The van der Waals surface area contributed by atoms with Gasteiger partial charge in [-0.1, -0.05) is 0 Å². The lowest BCUT2D eigenvalue weighted by Gasteiger charge is -2.08. The summed E-state index contributed by atoms with van der Waals surface area (Å²) in [5, 5.41) is 8.81. The van der Waals surface area contributed by atoms with Crippen LogP contribution in [0.3, 0.4) is 0 Å². The zero-order valence-electron chi connectivity index (χ0n) is 10.2. The van der Waals surface area contributed by atoms with Gasteiger partial charge < -0.3 is 15.6 Å². The van der Waals surface area contributed by atoms with E-state index in [0.717, 1.165) is 4.90 Å². The van der Waals surface area contributed by atoms with Gasteiger partial charge in [-0.3, -0.25) is 0 Å². The van der Waals surface area contributed by atoms with Crippen LogP contribution in [0, 0.1) is 0 Å². The maximum Gasteiger partial charge on any atom is 0.337 e. The molecule has 0 saturated heterocycles. The predicted octanol–water partition coefficient (Wildman–Crippen LogP) is 2.88. The summed E-state index contributed by atoms with van der Waals surface area (Å²) in [6.07, 6.45) is 3.20.